The number of carboxylic acids is 1. The number of hydrogen-bond donors (Lipinski definition) is 3. The number of imidazole rings is 1. The number of amides is 1. The lowest BCUT2D eigenvalue weighted by atomic mass is 10.1. The summed E-state index contributed by atoms with van der Waals surface area (Å²) in [6.07, 6.45) is 2.13. The van der Waals surface area contributed by atoms with Gasteiger partial charge in [-0.2, -0.15) is 0 Å². The molecule has 0 aliphatic rings. The van der Waals surface area contributed by atoms with Crippen molar-refractivity contribution in [1.29, 1.82) is 0 Å². The Labute approximate surface area is 247 Å². The summed E-state index contributed by atoms with van der Waals surface area (Å²) >= 11 is 0. The van der Waals surface area contributed by atoms with Crippen LogP contribution in [0.5, 0.6) is 0 Å². The Morgan fingerprint density at radius 1 is 0.814 bits per heavy atom. The Kier molecular flexibility index (Phi) is 7.60. The Balaban J connectivity index is 1.27. The van der Waals surface area contributed by atoms with E-state index in [1.54, 1.807) is 30.5 Å². The molecule has 212 valence electrons. The Morgan fingerprint density at radius 2 is 1.56 bits per heavy atom. The van der Waals surface area contributed by atoms with Gasteiger partial charge in [-0.15, -0.1) is 0 Å². The number of nitrogen functional groups attached to an aromatic ring is 1. The molecule has 43 heavy (non-hydrogen) atoms. The summed E-state index contributed by atoms with van der Waals surface area (Å²) in [6, 6.07) is 32.4. The summed E-state index contributed by atoms with van der Waals surface area (Å²) in [4.78, 5) is 37.7. The van der Waals surface area contributed by atoms with Crippen LogP contribution in [-0.2, 0) is 17.8 Å². The molecule has 3 heterocycles. The van der Waals surface area contributed by atoms with Gasteiger partial charge in [-0.1, -0.05) is 54.6 Å². The zero-order valence-corrected chi connectivity index (χ0v) is 23.1. The molecular weight excluding hydrogens is 540 g/mol. The second-order valence-corrected chi connectivity index (χ2v) is 10.1. The number of benzene rings is 3. The summed E-state index contributed by atoms with van der Waals surface area (Å²) in [5.74, 6) is -0.0520. The van der Waals surface area contributed by atoms with Gasteiger partial charge in [0.15, 0.2) is 11.5 Å². The van der Waals surface area contributed by atoms with E-state index in [1.807, 2.05) is 83.4 Å². The van der Waals surface area contributed by atoms with E-state index < -0.39 is 5.97 Å². The van der Waals surface area contributed by atoms with Crippen molar-refractivity contribution in [3.05, 3.63) is 126 Å². The molecule has 3 aromatic carbocycles. The first-order chi connectivity index (χ1) is 21.0. The number of nitrogens with zero attached hydrogens (tertiary/aromatic N) is 4. The zero-order valence-electron chi connectivity index (χ0n) is 23.1. The molecular formula is C34H28N6O3. The van der Waals surface area contributed by atoms with Gasteiger partial charge in [0.2, 0.25) is 0 Å². The predicted octanol–water partition coefficient (Wildman–Crippen LogP) is 5.68. The number of rotatable bonds is 9. The maximum absolute atomic E-state index is 12.7. The molecule has 1 amide bonds. The fraction of sp³-hybridized carbons (Fsp3) is 0.0882. The van der Waals surface area contributed by atoms with Gasteiger partial charge < -0.3 is 16.2 Å². The third-order valence-corrected chi connectivity index (χ3v) is 7.14. The van der Waals surface area contributed by atoms with Crippen molar-refractivity contribution in [2.24, 2.45) is 0 Å². The van der Waals surface area contributed by atoms with Gasteiger partial charge in [0.1, 0.15) is 11.3 Å². The lowest BCUT2D eigenvalue weighted by Crippen LogP contribution is -2.22. The van der Waals surface area contributed by atoms with Gasteiger partial charge in [0.25, 0.3) is 5.91 Å². The maximum Gasteiger partial charge on any atom is 0.303 e. The smallest absolute Gasteiger partial charge is 0.303 e. The van der Waals surface area contributed by atoms with Crippen molar-refractivity contribution in [2.45, 2.75) is 19.4 Å². The summed E-state index contributed by atoms with van der Waals surface area (Å²) < 4.78 is 1.98. The van der Waals surface area contributed by atoms with Crippen LogP contribution < -0.4 is 11.1 Å². The molecule has 4 N–H and O–H groups in total. The molecule has 9 heteroatoms. The standard InChI is InChI=1S/C34H28N6O3/c35-31-27(7-4-20-36-31)32-39-29-18-17-28(24-5-2-1-3-6-24)38-33(29)40(32)26-15-10-23(11-16-26)21-37-34(43)25-13-8-22(9-14-25)12-19-30(41)42/h1-11,13-18,20H,12,19,21H2,(H2,35,36)(H,37,43)(H,41,42). The van der Waals surface area contributed by atoms with E-state index in [4.69, 9.17) is 20.8 Å². The van der Waals surface area contributed by atoms with Crippen LogP contribution >= 0.6 is 0 Å². The summed E-state index contributed by atoms with van der Waals surface area (Å²) in [7, 11) is 0. The molecule has 0 bridgehead atoms. The van der Waals surface area contributed by atoms with Crippen LogP contribution in [0.15, 0.2) is 109 Å². The molecule has 6 rings (SSSR count). The van der Waals surface area contributed by atoms with Crippen molar-refractivity contribution in [1.82, 2.24) is 24.8 Å². The van der Waals surface area contributed by atoms with Gasteiger partial charge in [-0.3, -0.25) is 14.2 Å². The predicted molar refractivity (Wildman–Crippen MR) is 166 cm³/mol. The summed E-state index contributed by atoms with van der Waals surface area (Å²) in [5, 5.41) is 11.8. The highest BCUT2D eigenvalue weighted by Crippen LogP contribution is 2.31. The van der Waals surface area contributed by atoms with E-state index in [2.05, 4.69) is 10.3 Å². The molecule has 0 saturated carbocycles. The van der Waals surface area contributed by atoms with E-state index in [0.717, 1.165) is 33.6 Å². The number of carbonyl (C=O) groups excluding carboxylic acids is 1. The molecule has 9 nitrogen and oxygen atoms in total. The minimum absolute atomic E-state index is 0.0533. The third kappa shape index (κ3) is 5.96. The molecule has 0 atom stereocenters. The van der Waals surface area contributed by atoms with Crippen LogP contribution in [0.25, 0.3) is 39.5 Å². The first kappa shape index (κ1) is 27.3. The first-order valence-corrected chi connectivity index (χ1v) is 13.8. The minimum atomic E-state index is -0.848. The number of anilines is 1. The van der Waals surface area contributed by atoms with Crippen LogP contribution in [0.1, 0.15) is 27.9 Å². The highest BCUT2D eigenvalue weighted by atomic mass is 16.4. The molecule has 0 spiro atoms. The second kappa shape index (κ2) is 12.0. The highest BCUT2D eigenvalue weighted by Gasteiger charge is 2.19. The quantitative estimate of drug-likeness (QED) is 0.204. The Morgan fingerprint density at radius 3 is 2.28 bits per heavy atom. The van der Waals surface area contributed by atoms with Crippen LogP contribution in [0, 0.1) is 0 Å². The Hall–Kier alpha value is -5.83. The van der Waals surface area contributed by atoms with E-state index in [0.29, 0.717) is 41.4 Å². The lowest BCUT2D eigenvalue weighted by molar-refractivity contribution is -0.136. The van der Waals surface area contributed by atoms with Crippen LogP contribution in [0.3, 0.4) is 0 Å². The minimum Gasteiger partial charge on any atom is -0.481 e. The molecule has 0 unspecified atom stereocenters. The molecule has 6 aromatic rings. The van der Waals surface area contributed by atoms with E-state index in [1.165, 1.54) is 0 Å². The van der Waals surface area contributed by atoms with E-state index in [9.17, 15) is 9.59 Å². The van der Waals surface area contributed by atoms with Crippen LogP contribution in [-0.4, -0.2) is 36.5 Å². The number of aryl methyl sites for hydroxylation is 1. The third-order valence-electron chi connectivity index (χ3n) is 7.14. The average molecular weight is 569 g/mol. The Bertz CT molecular complexity index is 1920. The molecule has 0 aliphatic heterocycles. The fourth-order valence-corrected chi connectivity index (χ4v) is 4.88. The number of fused-ring (bicyclic) bond motifs is 1. The second-order valence-electron chi connectivity index (χ2n) is 10.1. The largest absolute Gasteiger partial charge is 0.481 e. The fourth-order valence-electron chi connectivity index (χ4n) is 4.88. The topological polar surface area (TPSA) is 136 Å². The normalized spacial score (nSPS) is 11.0. The number of nitrogens with one attached hydrogen (secondary N) is 1. The zero-order chi connectivity index (χ0) is 29.8. The van der Waals surface area contributed by atoms with Crippen LogP contribution in [0.2, 0.25) is 0 Å². The van der Waals surface area contributed by atoms with Gasteiger partial charge >= 0.3 is 5.97 Å². The summed E-state index contributed by atoms with van der Waals surface area (Å²) in [6.45, 7) is 0.337. The SMILES string of the molecule is Nc1ncccc1-c1nc2ccc(-c3ccccc3)nc2n1-c1ccc(CNC(=O)c2ccc(CCC(=O)O)cc2)cc1. The number of aliphatic carboxylic acids is 1. The van der Waals surface area contributed by atoms with Gasteiger partial charge in [0.05, 0.1) is 11.3 Å². The van der Waals surface area contributed by atoms with Crippen LogP contribution in [0.4, 0.5) is 5.82 Å². The van der Waals surface area contributed by atoms with Crippen molar-refractivity contribution in [3.63, 3.8) is 0 Å². The first-order valence-electron chi connectivity index (χ1n) is 13.8. The van der Waals surface area contributed by atoms with E-state index >= 15 is 0 Å². The number of pyridine rings is 2. The highest BCUT2D eigenvalue weighted by molar-refractivity contribution is 5.94. The average Bonchev–Trinajstić information content (AvgIpc) is 3.42. The number of aromatic nitrogens is 4. The molecule has 0 aliphatic carbocycles. The van der Waals surface area contributed by atoms with Gasteiger partial charge in [-0.05, 0) is 66.1 Å². The number of hydrogen-bond acceptors (Lipinski definition) is 6. The molecule has 0 fully saturated rings. The molecule has 0 saturated heterocycles. The van der Waals surface area contributed by atoms with Gasteiger partial charge in [0, 0.05) is 36.0 Å². The lowest BCUT2D eigenvalue weighted by Gasteiger charge is -2.12. The number of nitrogens with two attached hydrogens (primary N) is 1. The van der Waals surface area contributed by atoms with Crippen molar-refractivity contribution < 1.29 is 14.7 Å². The number of carboxylic acid groups (broad SMARTS) is 1. The maximum atomic E-state index is 12.7. The number of carbonyl (C=O) groups is 2. The van der Waals surface area contributed by atoms with E-state index in [-0.39, 0.29) is 12.3 Å². The molecule has 3 aromatic heterocycles. The monoisotopic (exact) mass is 568 g/mol. The van der Waals surface area contributed by atoms with Gasteiger partial charge in [-0.25, -0.2) is 15.0 Å². The van der Waals surface area contributed by atoms with Crippen molar-refractivity contribution >= 4 is 28.9 Å². The summed E-state index contributed by atoms with van der Waals surface area (Å²) in [5.41, 5.74) is 13.4. The molecule has 0 radical (unpaired) electrons. The van der Waals surface area contributed by atoms with Crippen molar-refractivity contribution in [3.8, 4) is 28.3 Å². The van der Waals surface area contributed by atoms with Crippen molar-refractivity contribution in [2.75, 3.05) is 5.73 Å².